The molecular weight excluding hydrogens is 220 g/mol. The fourth-order valence-electron chi connectivity index (χ4n) is 3.55. The van der Waals surface area contributed by atoms with Crippen LogP contribution in [0.4, 0.5) is 0 Å². The molecule has 1 saturated heterocycles. The Morgan fingerprint density at radius 3 is 2.83 bits per heavy atom. The Bertz CT molecular complexity index is 408. The highest BCUT2D eigenvalue weighted by Gasteiger charge is 2.24. The molecule has 1 aliphatic carbocycles. The van der Waals surface area contributed by atoms with E-state index in [0.717, 1.165) is 0 Å². The van der Waals surface area contributed by atoms with Crippen molar-refractivity contribution in [1.29, 1.82) is 0 Å². The van der Waals surface area contributed by atoms with E-state index in [9.17, 15) is 0 Å². The Kier molecular flexibility index (Phi) is 3.67. The normalized spacial score (nSPS) is 24.8. The molecule has 1 aromatic rings. The zero-order valence-corrected chi connectivity index (χ0v) is 11.3. The van der Waals surface area contributed by atoms with E-state index in [1.807, 2.05) is 0 Å². The number of hydrogen-bond donors (Lipinski definition) is 2. The molecule has 2 unspecified atom stereocenters. The van der Waals surface area contributed by atoms with Gasteiger partial charge in [-0.25, -0.2) is 0 Å². The third kappa shape index (κ3) is 2.32. The van der Waals surface area contributed by atoms with E-state index in [2.05, 4.69) is 35.9 Å². The molecular formula is C16H24N2. The third-order valence-electron chi connectivity index (χ3n) is 4.54. The first kappa shape index (κ1) is 12.2. The zero-order valence-electron chi connectivity index (χ0n) is 11.3. The lowest BCUT2D eigenvalue weighted by Crippen LogP contribution is -2.43. The summed E-state index contributed by atoms with van der Waals surface area (Å²) in [6.07, 6.45) is 7.88. The highest BCUT2D eigenvalue weighted by atomic mass is 15.0. The van der Waals surface area contributed by atoms with Crippen molar-refractivity contribution in [2.45, 2.75) is 50.6 Å². The van der Waals surface area contributed by atoms with Crippen molar-refractivity contribution in [2.24, 2.45) is 0 Å². The van der Waals surface area contributed by atoms with E-state index in [1.165, 1.54) is 50.6 Å². The first-order chi connectivity index (χ1) is 8.88. The fraction of sp³-hybridized carbons (Fsp3) is 0.625. The Balaban J connectivity index is 1.82. The van der Waals surface area contributed by atoms with Gasteiger partial charge in [0, 0.05) is 12.1 Å². The second kappa shape index (κ2) is 5.41. The second-order valence-corrected chi connectivity index (χ2v) is 5.70. The van der Waals surface area contributed by atoms with Crippen molar-refractivity contribution in [1.82, 2.24) is 10.6 Å². The Morgan fingerprint density at radius 1 is 1.17 bits per heavy atom. The minimum Gasteiger partial charge on any atom is -0.312 e. The predicted molar refractivity (Wildman–Crippen MR) is 75.9 cm³/mol. The van der Waals surface area contributed by atoms with Crippen molar-refractivity contribution in [3.05, 3.63) is 34.9 Å². The third-order valence-corrected chi connectivity index (χ3v) is 4.54. The van der Waals surface area contributed by atoms with Gasteiger partial charge in [-0.2, -0.15) is 0 Å². The number of fused-ring (bicyclic) bond motifs is 1. The molecule has 1 aliphatic heterocycles. The molecule has 0 spiro atoms. The van der Waals surface area contributed by atoms with Crippen LogP contribution in [0.5, 0.6) is 0 Å². The largest absolute Gasteiger partial charge is 0.312 e. The zero-order chi connectivity index (χ0) is 12.4. The maximum absolute atomic E-state index is 3.67. The number of benzene rings is 1. The smallest absolute Gasteiger partial charge is 0.0473 e. The maximum atomic E-state index is 3.67. The minimum atomic E-state index is 0.469. The number of likely N-dealkylation sites (N-methyl/N-ethyl adjacent to an activating group) is 1. The van der Waals surface area contributed by atoms with Gasteiger partial charge in [0.1, 0.15) is 0 Å². The summed E-state index contributed by atoms with van der Waals surface area (Å²) in [7, 11) is 2.09. The van der Waals surface area contributed by atoms with Gasteiger partial charge in [-0.1, -0.05) is 24.6 Å². The van der Waals surface area contributed by atoms with Crippen LogP contribution in [0.3, 0.4) is 0 Å². The predicted octanol–water partition coefficient (Wildman–Crippen LogP) is 2.58. The van der Waals surface area contributed by atoms with Crippen molar-refractivity contribution in [3.8, 4) is 0 Å². The van der Waals surface area contributed by atoms with Crippen LogP contribution in [0.1, 0.15) is 48.4 Å². The molecule has 2 nitrogen and oxygen atoms in total. The average molecular weight is 244 g/mol. The summed E-state index contributed by atoms with van der Waals surface area (Å²) in [5.41, 5.74) is 4.63. The van der Waals surface area contributed by atoms with Crippen LogP contribution in [0.2, 0.25) is 0 Å². The molecule has 3 rings (SSSR count). The lowest BCUT2D eigenvalue weighted by molar-refractivity contribution is 0.326. The van der Waals surface area contributed by atoms with Gasteiger partial charge in [0.15, 0.2) is 0 Å². The van der Waals surface area contributed by atoms with Crippen LogP contribution in [0.15, 0.2) is 18.2 Å². The van der Waals surface area contributed by atoms with E-state index >= 15 is 0 Å². The molecule has 18 heavy (non-hydrogen) atoms. The topological polar surface area (TPSA) is 24.1 Å². The van der Waals surface area contributed by atoms with Crippen molar-refractivity contribution in [3.63, 3.8) is 0 Å². The van der Waals surface area contributed by atoms with Crippen LogP contribution >= 0.6 is 0 Å². The summed E-state index contributed by atoms with van der Waals surface area (Å²) in [4.78, 5) is 0. The van der Waals surface area contributed by atoms with E-state index in [-0.39, 0.29) is 0 Å². The van der Waals surface area contributed by atoms with E-state index in [0.29, 0.717) is 12.1 Å². The van der Waals surface area contributed by atoms with Crippen LogP contribution < -0.4 is 10.6 Å². The molecule has 1 fully saturated rings. The summed E-state index contributed by atoms with van der Waals surface area (Å²) in [5, 5.41) is 7.19. The van der Waals surface area contributed by atoms with Gasteiger partial charge in [0.25, 0.3) is 0 Å². The van der Waals surface area contributed by atoms with Gasteiger partial charge in [-0.3, -0.25) is 0 Å². The Labute approximate surface area is 110 Å². The number of hydrogen-bond acceptors (Lipinski definition) is 2. The molecule has 0 radical (unpaired) electrons. The van der Waals surface area contributed by atoms with Crippen LogP contribution in [-0.2, 0) is 12.8 Å². The van der Waals surface area contributed by atoms with Gasteiger partial charge in [-0.05, 0) is 62.4 Å². The van der Waals surface area contributed by atoms with Crippen LogP contribution in [-0.4, -0.2) is 19.6 Å². The number of rotatable bonds is 3. The second-order valence-electron chi connectivity index (χ2n) is 5.70. The van der Waals surface area contributed by atoms with Crippen molar-refractivity contribution >= 4 is 0 Å². The van der Waals surface area contributed by atoms with Crippen molar-refractivity contribution < 1.29 is 0 Å². The quantitative estimate of drug-likeness (QED) is 0.854. The molecule has 1 heterocycles. The lowest BCUT2D eigenvalue weighted by Gasteiger charge is -2.31. The minimum absolute atomic E-state index is 0.469. The van der Waals surface area contributed by atoms with Gasteiger partial charge in [0.2, 0.25) is 0 Å². The van der Waals surface area contributed by atoms with Gasteiger partial charge < -0.3 is 10.6 Å². The number of nitrogens with one attached hydrogen (secondary N) is 2. The van der Waals surface area contributed by atoms with Crippen molar-refractivity contribution in [2.75, 3.05) is 13.6 Å². The summed E-state index contributed by atoms with van der Waals surface area (Å²) in [6.45, 7) is 1.17. The number of aryl methyl sites for hydroxylation is 2. The fourth-order valence-corrected chi connectivity index (χ4v) is 3.55. The highest BCUT2D eigenvalue weighted by Crippen LogP contribution is 2.28. The van der Waals surface area contributed by atoms with Gasteiger partial charge >= 0.3 is 0 Å². The molecule has 0 aromatic heterocycles. The highest BCUT2D eigenvalue weighted by molar-refractivity contribution is 5.37. The van der Waals surface area contributed by atoms with E-state index < -0.39 is 0 Å². The van der Waals surface area contributed by atoms with E-state index in [4.69, 9.17) is 0 Å². The average Bonchev–Trinajstić information content (AvgIpc) is 2.88. The lowest BCUT2D eigenvalue weighted by atomic mass is 9.91. The van der Waals surface area contributed by atoms with E-state index in [1.54, 1.807) is 11.1 Å². The molecule has 2 N–H and O–H groups in total. The maximum Gasteiger partial charge on any atom is 0.0473 e. The molecule has 98 valence electrons. The molecule has 2 heteroatoms. The Morgan fingerprint density at radius 2 is 2.06 bits per heavy atom. The first-order valence-electron chi connectivity index (χ1n) is 7.41. The summed E-state index contributed by atoms with van der Waals surface area (Å²) < 4.78 is 0. The van der Waals surface area contributed by atoms with Crippen LogP contribution in [0, 0.1) is 0 Å². The molecule has 0 amide bonds. The molecule has 2 aliphatic rings. The SMILES string of the molecule is CNC(c1ccc2c(c1)CCC2)C1CCCCN1. The molecule has 0 bridgehead atoms. The monoisotopic (exact) mass is 244 g/mol. The van der Waals surface area contributed by atoms with Gasteiger partial charge in [0.05, 0.1) is 0 Å². The molecule has 2 atom stereocenters. The standard InChI is InChI=1S/C16H24N2/c1-17-16(15-7-2-3-10-18-15)14-9-8-12-5-4-6-13(12)11-14/h8-9,11,15-18H,2-7,10H2,1H3. The number of piperidine rings is 1. The first-order valence-corrected chi connectivity index (χ1v) is 7.41. The Hall–Kier alpha value is -0.860. The molecule has 1 aromatic carbocycles. The van der Waals surface area contributed by atoms with Gasteiger partial charge in [-0.15, -0.1) is 0 Å². The summed E-state index contributed by atoms with van der Waals surface area (Å²) in [6, 6.07) is 8.20. The summed E-state index contributed by atoms with van der Waals surface area (Å²) in [5.74, 6) is 0. The molecule has 0 saturated carbocycles. The van der Waals surface area contributed by atoms with Crippen LogP contribution in [0.25, 0.3) is 0 Å². The summed E-state index contributed by atoms with van der Waals surface area (Å²) >= 11 is 0.